The molecule has 0 radical (unpaired) electrons. The number of rotatable bonds is 6. The molecule has 2 aliphatic heterocycles. The number of amides is 1. The highest BCUT2D eigenvalue weighted by atomic mass is 16.7. The molecule has 0 aromatic rings. The van der Waals surface area contributed by atoms with E-state index in [4.69, 9.17) is 18.9 Å². The maximum absolute atomic E-state index is 11.4. The Bertz CT molecular complexity index is 478. The Morgan fingerprint density at radius 1 is 0.926 bits per heavy atom. The van der Waals surface area contributed by atoms with Gasteiger partial charge in [-0.3, -0.25) is 4.79 Å². The minimum absolute atomic E-state index is 0.554. The minimum atomic E-state index is -1.55. The molecule has 7 N–H and O–H groups in total. The van der Waals surface area contributed by atoms with Gasteiger partial charge < -0.3 is 54.9 Å². The molecular weight excluding hydrogens is 370 g/mol. The number of carbonyl (C=O) groups excluding carboxylic acids is 1. The predicted molar refractivity (Wildman–Crippen MR) is 85.0 cm³/mol. The molecule has 2 saturated heterocycles. The van der Waals surface area contributed by atoms with Crippen LogP contribution in [0.5, 0.6) is 0 Å². The largest absolute Gasteiger partial charge is 0.394 e. The fourth-order valence-corrected chi connectivity index (χ4v) is 3.15. The number of methoxy groups -OCH3 is 1. The number of carbonyl (C=O) groups is 1. The highest BCUT2D eigenvalue weighted by molar-refractivity contribution is 5.73. The Balaban J connectivity index is 2.24. The summed E-state index contributed by atoms with van der Waals surface area (Å²) in [6, 6.07) is -1.25. The average Bonchev–Trinajstić information content (AvgIpc) is 2.64. The van der Waals surface area contributed by atoms with Crippen LogP contribution in [0.4, 0.5) is 0 Å². The number of hydrogen-bond donors (Lipinski definition) is 7. The zero-order valence-corrected chi connectivity index (χ0v) is 14.9. The summed E-state index contributed by atoms with van der Waals surface area (Å²) < 4.78 is 21.2. The Morgan fingerprint density at radius 2 is 1.48 bits per heavy atom. The molecule has 2 aliphatic rings. The first-order valence-corrected chi connectivity index (χ1v) is 8.45. The third-order valence-corrected chi connectivity index (χ3v) is 4.60. The van der Waals surface area contributed by atoms with Crippen molar-refractivity contribution < 1.29 is 54.4 Å². The number of hydrogen-bond acceptors (Lipinski definition) is 11. The quantitative estimate of drug-likeness (QED) is 0.228. The van der Waals surface area contributed by atoms with Crippen LogP contribution in [0.25, 0.3) is 0 Å². The standard InChI is InChI=1S/C15H27NO11/c1-5(19)16-8-11(22)9(20)6(3-17)25-14(8)27-13-10(21)7(4-18)26-15(24-2)12(13)23/h6-15,17-18,20-23H,3-4H2,1-2H3,(H,16,19)/t6-,7-,8-,9+,10+,11-,12-,13+,14-,15+/m1/s1. The molecule has 0 unspecified atom stereocenters. The van der Waals surface area contributed by atoms with E-state index in [0.717, 1.165) is 0 Å². The summed E-state index contributed by atoms with van der Waals surface area (Å²) in [7, 11) is 1.25. The first kappa shape index (κ1) is 22.4. The van der Waals surface area contributed by atoms with E-state index in [1.54, 1.807) is 0 Å². The summed E-state index contributed by atoms with van der Waals surface area (Å²) in [6.07, 6.45) is -12.4. The predicted octanol–water partition coefficient (Wildman–Crippen LogP) is -4.60. The summed E-state index contributed by atoms with van der Waals surface area (Å²) in [5.41, 5.74) is 0. The highest BCUT2D eigenvalue weighted by Crippen LogP contribution is 2.29. The van der Waals surface area contributed by atoms with Gasteiger partial charge >= 0.3 is 0 Å². The van der Waals surface area contributed by atoms with Crippen molar-refractivity contribution in [2.75, 3.05) is 20.3 Å². The van der Waals surface area contributed by atoms with Gasteiger partial charge in [-0.1, -0.05) is 0 Å². The summed E-state index contributed by atoms with van der Waals surface area (Å²) in [5, 5.41) is 61.9. The van der Waals surface area contributed by atoms with Crippen molar-refractivity contribution in [1.82, 2.24) is 5.32 Å². The van der Waals surface area contributed by atoms with Gasteiger partial charge in [0.25, 0.3) is 0 Å². The minimum Gasteiger partial charge on any atom is -0.394 e. The van der Waals surface area contributed by atoms with Gasteiger partial charge in [0.05, 0.1) is 13.2 Å². The molecule has 1 amide bonds. The van der Waals surface area contributed by atoms with Gasteiger partial charge in [-0.25, -0.2) is 0 Å². The van der Waals surface area contributed by atoms with Crippen molar-refractivity contribution in [1.29, 1.82) is 0 Å². The number of aliphatic hydroxyl groups excluding tert-OH is 6. The van der Waals surface area contributed by atoms with Crippen molar-refractivity contribution in [3.05, 3.63) is 0 Å². The molecule has 27 heavy (non-hydrogen) atoms. The lowest BCUT2D eigenvalue weighted by Gasteiger charge is -2.46. The van der Waals surface area contributed by atoms with Crippen LogP contribution in [0.3, 0.4) is 0 Å². The van der Waals surface area contributed by atoms with Crippen molar-refractivity contribution >= 4 is 5.91 Å². The van der Waals surface area contributed by atoms with E-state index in [9.17, 15) is 35.4 Å². The molecule has 0 aromatic carbocycles. The third kappa shape index (κ3) is 4.74. The second-order valence-corrected chi connectivity index (χ2v) is 6.48. The molecule has 2 fully saturated rings. The molecular formula is C15H27NO11. The molecule has 12 nitrogen and oxygen atoms in total. The van der Waals surface area contributed by atoms with Crippen molar-refractivity contribution in [3.8, 4) is 0 Å². The van der Waals surface area contributed by atoms with Crippen molar-refractivity contribution in [3.63, 3.8) is 0 Å². The molecule has 2 rings (SSSR count). The number of ether oxygens (including phenoxy) is 4. The zero-order chi connectivity index (χ0) is 20.3. The van der Waals surface area contributed by atoms with Crippen LogP contribution < -0.4 is 5.32 Å². The Hall–Kier alpha value is -0.930. The zero-order valence-electron chi connectivity index (χ0n) is 14.9. The van der Waals surface area contributed by atoms with Gasteiger partial charge in [-0.15, -0.1) is 0 Å². The smallest absolute Gasteiger partial charge is 0.217 e. The second kappa shape index (κ2) is 9.52. The summed E-state index contributed by atoms with van der Waals surface area (Å²) in [5.74, 6) is -0.554. The van der Waals surface area contributed by atoms with E-state index < -0.39 is 80.5 Å². The van der Waals surface area contributed by atoms with Crippen LogP contribution in [0.2, 0.25) is 0 Å². The normalized spacial score (nSPS) is 45.5. The topological polar surface area (TPSA) is 187 Å². The van der Waals surface area contributed by atoms with Crippen molar-refractivity contribution in [2.45, 2.75) is 68.3 Å². The molecule has 158 valence electrons. The Labute approximate surface area is 155 Å². The number of nitrogens with one attached hydrogen (secondary N) is 1. The SMILES string of the molecule is CO[C@H]1O[C@H](CO)[C@H](O)[C@H](O[C@H]2O[C@H](CO)[C@H](O)[C@H](O)[C@H]2NC(C)=O)[C@H]1O. The van der Waals surface area contributed by atoms with E-state index in [1.165, 1.54) is 14.0 Å². The van der Waals surface area contributed by atoms with Crippen LogP contribution in [0, 0.1) is 0 Å². The lowest BCUT2D eigenvalue weighted by molar-refractivity contribution is -0.344. The van der Waals surface area contributed by atoms with Crippen LogP contribution >= 0.6 is 0 Å². The van der Waals surface area contributed by atoms with Gasteiger partial charge in [0.1, 0.15) is 48.8 Å². The average molecular weight is 397 g/mol. The first-order valence-electron chi connectivity index (χ1n) is 8.45. The fourth-order valence-electron chi connectivity index (χ4n) is 3.15. The fraction of sp³-hybridized carbons (Fsp3) is 0.933. The number of aliphatic hydroxyl groups is 6. The van der Waals surface area contributed by atoms with Gasteiger partial charge in [0.15, 0.2) is 12.6 Å². The van der Waals surface area contributed by atoms with E-state index in [2.05, 4.69) is 5.32 Å². The van der Waals surface area contributed by atoms with E-state index in [-0.39, 0.29) is 0 Å². The molecule has 0 spiro atoms. The van der Waals surface area contributed by atoms with Crippen LogP contribution in [-0.2, 0) is 23.7 Å². The summed E-state index contributed by atoms with van der Waals surface area (Å²) in [6.45, 7) is -0.0617. The maximum Gasteiger partial charge on any atom is 0.217 e. The van der Waals surface area contributed by atoms with Gasteiger partial charge in [-0.05, 0) is 0 Å². The summed E-state index contributed by atoms with van der Waals surface area (Å²) in [4.78, 5) is 11.4. The first-order chi connectivity index (χ1) is 12.7. The Kier molecular flexibility index (Phi) is 7.88. The highest BCUT2D eigenvalue weighted by Gasteiger charge is 2.51. The molecule has 10 atom stereocenters. The van der Waals surface area contributed by atoms with Crippen LogP contribution in [0.15, 0.2) is 0 Å². The van der Waals surface area contributed by atoms with Crippen LogP contribution in [0.1, 0.15) is 6.92 Å². The van der Waals surface area contributed by atoms with Crippen molar-refractivity contribution in [2.24, 2.45) is 0 Å². The molecule has 0 saturated carbocycles. The van der Waals surface area contributed by atoms with E-state index in [0.29, 0.717) is 0 Å². The third-order valence-electron chi connectivity index (χ3n) is 4.60. The Morgan fingerprint density at radius 3 is 2.00 bits per heavy atom. The summed E-state index contributed by atoms with van der Waals surface area (Å²) >= 11 is 0. The molecule has 12 heteroatoms. The second-order valence-electron chi connectivity index (χ2n) is 6.48. The molecule has 0 aromatic heterocycles. The molecule has 0 aliphatic carbocycles. The van der Waals surface area contributed by atoms with E-state index in [1.807, 2.05) is 0 Å². The molecule has 0 bridgehead atoms. The monoisotopic (exact) mass is 397 g/mol. The van der Waals surface area contributed by atoms with Gasteiger partial charge in [-0.2, -0.15) is 0 Å². The van der Waals surface area contributed by atoms with Gasteiger partial charge in [0.2, 0.25) is 5.91 Å². The molecule has 2 heterocycles. The van der Waals surface area contributed by atoms with Crippen LogP contribution in [-0.4, -0.2) is 118 Å². The maximum atomic E-state index is 11.4. The van der Waals surface area contributed by atoms with E-state index >= 15 is 0 Å². The van der Waals surface area contributed by atoms with Gasteiger partial charge in [0, 0.05) is 14.0 Å². The lowest BCUT2D eigenvalue weighted by Crippen LogP contribution is -2.67. The lowest BCUT2D eigenvalue weighted by atomic mass is 9.95.